The quantitative estimate of drug-likeness (QED) is 0.486. The van der Waals surface area contributed by atoms with Gasteiger partial charge in [0.2, 0.25) is 0 Å². The molecule has 1 unspecified atom stereocenters. The minimum absolute atomic E-state index is 0.104. The van der Waals surface area contributed by atoms with Crippen LogP contribution in [0, 0.1) is 17.0 Å². The molecule has 1 saturated heterocycles. The molecule has 1 aliphatic rings. The predicted octanol–water partition coefficient (Wildman–Crippen LogP) is 1.98. The maximum Gasteiger partial charge on any atom is 0.285 e. The number of halogens is 1. The number of carbonyl (C=O) groups is 1. The molecule has 7 heteroatoms. The summed E-state index contributed by atoms with van der Waals surface area (Å²) < 4.78 is 5.28. The van der Waals surface area contributed by atoms with Crippen LogP contribution in [0.25, 0.3) is 0 Å². The molecule has 1 heterocycles. The van der Waals surface area contributed by atoms with E-state index in [9.17, 15) is 14.9 Å². The van der Waals surface area contributed by atoms with Crippen molar-refractivity contribution in [2.24, 2.45) is 0 Å². The van der Waals surface area contributed by atoms with E-state index in [4.69, 9.17) is 16.3 Å². The molecule has 1 amide bonds. The van der Waals surface area contributed by atoms with Crippen molar-refractivity contribution in [3.8, 4) is 0 Å². The van der Waals surface area contributed by atoms with Crippen molar-refractivity contribution in [3.05, 3.63) is 39.4 Å². The third-order valence-electron chi connectivity index (χ3n) is 3.32. The van der Waals surface area contributed by atoms with E-state index < -0.39 is 4.92 Å². The fraction of sp³-hybridized carbons (Fsp3) is 0.462. The first-order chi connectivity index (χ1) is 9.56. The van der Waals surface area contributed by atoms with Crippen LogP contribution in [0.3, 0.4) is 0 Å². The number of nitrogens with zero attached hydrogens (tertiary/aromatic N) is 2. The van der Waals surface area contributed by atoms with Gasteiger partial charge in [-0.2, -0.15) is 0 Å². The van der Waals surface area contributed by atoms with E-state index >= 15 is 0 Å². The number of nitro groups is 1. The average Bonchev–Trinajstić information content (AvgIpc) is 2.45. The van der Waals surface area contributed by atoms with Crippen LogP contribution in [0.5, 0.6) is 0 Å². The molecule has 0 bridgehead atoms. The van der Waals surface area contributed by atoms with Crippen LogP contribution in [-0.2, 0) is 4.74 Å². The molecule has 108 valence electrons. The number of nitro benzene ring substituents is 1. The Morgan fingerprint density at radius 3 is 3.00 bits per heavy atom. The second kappa shape index (κ2) is 6.19. The molecule has 0 aromatic heterocycles. The van der Waals surface area contributed by atoms with Crippen LogP contribution in [0.2, 0.25) is 0 Å². The zero-order valence-corrected chi connectivity index (χ0v) is 11.8. The lowest BCUT2D eigenvalue weighted by molar-refractivity contribution is -0.385. The van der Waals surface area contributed by atoms with E-state index in [0.29, 0.717) is 25.3 Å². The molecule has 1 aliphatic heterocycles. The van der Waals surface area contributed by atoms with Gasteiger partial charge in [0.15, 0.2) is 0 Å². The number of rotatable bonds is 3. The maximum atomic E-state index is 12.6. The molecule has 0 aliphatic carbocycles. The van der Waals surface area contributed by atoms with Crippen molar-refractivity contribution in [2.75, 3.05) is 25.6 Å². The number of hydrogen-bond donors (Lipinski definition) is 0. The van der Waals surface area contributed by atoms with Crippen molar-refractivity contribution in [1.29, 1.82) is 0 Å². The molecule has 1 atom stereocenters. The minimum atomic E-state index is -0.515. The van der Waals surface area contributed by atoms with Crippen LogP contribution in [0.15, 0.2) is 18.2 Å². The van der Waals surface area contributed by atoms with Gasteiger partial charge in [-0.05, 0) is 13.0 Å². The molecule has 2 rings (SSSR count). The molecule has 20 heavy (non-hydrogen) atoms. The van der Waals surface area contributed by atoms with E-state index in [-0.39, 0.29) is 29.1 Å². The van der Waals surface area contributed by atoms with E-state index in [1.165, 1.54) is 6.07 Å². The maximum absolute atomic E-state index is 12.6. The van der Waals surface area contributed by atoms with Crippen molar-refractivity contribution in [1.82, 2.24) is 4.90 Å². The summed E-state index contributed by atoms with van der Waals surface area (Å²) in [6.07, 6.45) is 0. The monoisotopic (exact) mass is 298 g/mol. The summed E-state index contributed by atoms with van der Waals surface area (Å²) >= 11 is 5.83. The van der Waals surface area contributed by atoms with Gasteiger partial charge in [0.1, 0.15) is 5.56 Å². The van der Waals surface area contributed by atoms with E-state index in [2.05, 4.69) is 0 Å². The molecule has 1 aromatic rings. The largest absolute Gasteiger partial charge is 0.377 e. The van der Waals surface area contributed by atoms with Gasteiger partial charge in [-0.1, -0.05) is 12.1 Å². The number of amides is 1. The summed E-state index contributed by atoms with van der Waals surface area (Å²) in [5.41, 5.74) is 0.431. The summed E-state index contributed by atoms with van der Waals surface area (Å²) in [6.45, 7) is 2.78. The molecule has 1 fully saturated rings. The highest BCUT2D eigenvalue weighted by Crippen LogP contribution is 2.25. The third-order valence-corrected chi connectivity index (χ3v) is 3.67. The van der Waals surface area contributed by atoms with Crippen molar-refractivity contribution < 1.29 is 14.5 Å². The van der Waals surface area contributed by atoms with Crippen molar-refractivity contribution in [3.63, 3.8) is 0 Å². The number of hydrogen-bond acceptors (Lipinski definition) is 4. The van der Waals surface area contributed by atoms with Crippen LogP contribution >= 0.6 is 11.6 Å². The molecule has 6 nitrogen and oxygen atoms in total. The Kier molecular flexibility index (Phi) is 4.57. The average molecular weight is 299 g/mol. The summed E-state index contributed by atoms with van der Waals surface area (Å²) in [4.78, 5) is 24.8. The van der Waals surface area contributed by atoms with Gasteiger partial charge in [-0.3, -0.25) is 14.9 Å². The third kappa shape index (κ3) is 2.76. The molecule has 1 aromatic carbocycles. The number of carbonyl (C=O) groups excluding carboxylic acids is 1. The fourth-order valence-corrected chi connectivity index (χ4v) is 2.53. The van der Waals surface area contributed by atoms with E-state index in [1.807, 2.05) is 0 Å². The first kappa shape index (κ1) is 14.7. The number of alkyl halides is 1. The van der Waals surface area contributed by atoms with Crippen molar-refractivity contribution >= 4 is 23.2 Å². The smallest absolute Gasteiger partial charge is 0.285 e. The zero-order chi connectivity index (χ0) is 14.7. The van der Waals surface area contributed by atoms with Crippen LogP contribution in [0.4, 0.5) is 5.69 Å². The second-order valence-electron chi connectivity index (χ2n) is 4.61. The van der Waals surface area contributed by atoms with Gasteiger partial charge in [0, 0.05) is 18.0 Å². The molecule has 0 saturated carbocycles. The zero-order valence-electron chi connectivity index (χ0n) is 11.0. The standard InChI is InChI=1S/C13H15ClN2O4/c1-9-3-2-4-11(12(9)16(18)19)13(17)15-5-6-20-8-10(15)7-14/h2-4,10H,5-8H2,1H3. The number of morpholine rings is 1. The van der Waals surface area contributed by atoms with Crippen LogP contribution in [-0.4, -0.2) is 47.4 Å². The highest BCUT2D eigenvalue weighted by molar-refractivity contribution is 6.18. The van der Waals surface area contributed by atoms with Crippen molar-refractivity contribution in [2.45, 2.75) is 13.0 Å². The number of ether oxygens (including phenoxy) is 1. The summed E-state index contributed by atoms with van der Waals surface area (Å²) in [5.74, 6) is -0.125. The Morgan fingerprint density at radius 1 is 1.60 bits per heavy atom. The normalized spacial score (nSPS) is 18.9. The van der Waals surface area contributed by atoms with E-state index in [1.54, 1.807) is 24.0 Å². The van der Waals surface area contributed by atoms with Gasteiger partial charge < -0.3 is 9.64 Å². The van der Waals surface area contributed by atoms with Gasteiger partial charge in [0.25, 0.3) is 11.6 Å². The lowest BCUT2D eigenvalue weighted by atomic mass is 10.1. The Morgan fingerprint density at radius 2 is 2.35 bits per heavy atom. The van der Waals surface area contributed by atoms with Gasteiger partial charge in [0.05, 0.1) is 24.2 Å². The molecular formula is C13H15ClN2O4. The molecule has 0 spiro atoms. The topological polar surface area (TPSA) is 72.7 Å². The molecular weight excluding hydrogens is 284 g/mol. The second-order valence-corrected chi connectivity index (χ2v) is 4.92. The Balaban J connectivity index is 2.38. The van der Waals surface area contributed by atoms with Gasteiger partial charge in [-0.25, -0.2) is 0 Å². The highest BCUT2D eigenvalue weighted by Gasteiger charge is 2.32. The Bertz CT molecular complexity index is 535. The summed E-state index contributed by atoms with van der Waals surface area (Å²) in [5, 5.41) is 11.2. The first-order valence-electron chi connectivity index (χ1n) is 6.25. The summed E-state index contributed by atoms with van der Waals surface area (Å²) in [7, 11) is 0. The number of aryl methyl sites for hydroxylation is 1. The SMILES string of the molecule is Cc1cccc(C(=O)N2CCOCC2CCl)c1[N+](=O)[O-]. The van der Waals surface area contributed by atoms with Crippen LogP contribution < -0.4 is 0 Å². The highest BCUT2D eigenvalue weighted by atomic mass is 35.5. The molecule has 0 N–H and O–H groups in total. The van der Waals surface area contributed by atoms with Gasteiger partial charge in [-0.15, -0.1) is 11.6 Å². The minimum Gasteiger partial charge on any atom is -0.377 e. The first-order valence-corrected chi connectivity index (χ1v) is 6.78. The van der Waals surface area contributed by atoms with Gasteiger partial charge >= 0.3 is 0 Å². The fourth-order valence-electron chi connectivity index (χ4n) is 2.28. The Labute approximate surface area is 121 Å². The molecule has 0 radical (unpaired) electrons. The Hall–Kier alpha value is -1.66. The number of benzene rings is 1. The lowest BCUT2D eigenvalue weighted by Gasteiger charge is -2.34. The predicted molar refractivity (Wildman–Crippen MR) is 74.2 cm³/mol. The summed E-state index contributed by atoms with van der Waals surface area (Å²) in [6, 6.07) is 4.49. The number of para-hydroxylation sites is 1. The lowest BCUT2D eigenvalue weighted by Crippen LogP contribution is -2.49. The van der Waals surface area contributed by atoms with E-state index in [0.717, 1.165) is 0 Å². The van der Waals surface area contributed by atoms with Crippen LogP contribution in [0.1, 0.15) is 15.9 Å².